The number of carbonyl (C=O) groups excluding carboxylic acids is 1. The molecule has 3 aromatic carbocycles. The molecule has 3 aromatic rings. The van der Waals surface area contributed by atoms with Crippen molar-refractivity contribution in [2.75, 3.05) is 20.8 Å². The van der Waals surface area contributed by atoms with Crippen molar-refractivity contribution in [3.63, 3.8) is 0 Å². The van der Waals surface area contributed by atoms with Gasteiger partial charge in [-0.05, 0) is 72.5 Å². The number of aliphatic carboxylic acids is 1. The van der Waals surface area contributed by atoms with Crippen LogP contribution in [0.3, 0.4) is 0 Å². The van der Waals surface area contributed by atoms with E-state index in [9.17, 15) is 14.7 Å². The van der Waals surface area contributed by atoms with Crippen LogP contribution in [0.4, 0.5) is 0 Å². The number of amides is 1. The van der Waals surface area contributed by atoms with Gasteiger partial charge in [0, 0.05) is 30.3 Å². The van der Waals surface area contributed by atoms with Crippen molar-refractivity contribution in [3.8, 4) is 22.6 Å². The van der Waals surface area contributed by atoms with E-state index in [2.05, 4.69) is 13.0 Å². The highest BCUT2D eigenvalue weighted by atomic mass is 16.5. The molecule has 0 heterocycles. The maximum atomic E-state index is 12.9. The van der Waals surface area contributed by atoms with Gasteiger partial charge < -0.3 is 19.5 Å². The van der Waals surface area contributed by atoms with Gasteiger partial charge in [-0.2, -0.15) is 0 Å². The number of ether oxygens (including phenoxy) is 2. The van der Waals surface area contributed by atoms with E-state index in [4.69, 9.17) is 9.47 Å². The molecule has 0 bridgehead atoms. The molecular weight excluding hydrogens is 454 g/mol. The number of rotatable bonds is 11. The van der Waals surface area contributed by atoms with Crippen LogP contribution in [0.15, 0.2) is 72.3 Å². The fraction of sp³-hybridized carbons (Fsp3) is 0.267. The van der Waals surface area contributed by atoms with E-state index in [1.165, 1.54) is 0 Å². The van der Waals surface area contributed by atoms with Crippen molar-refractivity contribution < 1.29 is 24.2 Å². The summed E-state index contributed by atoms with van der Waals surface area (Å²) in [6.07, 6.45) is 3.57. The summed E-state index contributed by atoms with van der Waals surface area (Å²) in [4.78, 5) is 25.8. The molecule has 0 aliphatic carbocycles. The Bertz CT molecular complexity index is 1230. The molecule has 0 aliphatic rings. The summed E-state index contributed by atoms with van der Waals surface area (Å²) < 4.78 is 11.3. The van der Waals surface area contributed by atoms with Crippen LogP contribution < -0.4 is 9.47 Å². The Labute approximate surface area is 212 Å². The molecule has 188 valence electrons. The molecule has 0 unspecified atom stereocenters. The first-order valence-electron chi connectivity index (χ1n) is 12.0. The highest BCUT2D eigenvalue weighted by Gasteiger charge is 2.14. The lowest BCUT2D eigenvalue weighted by Gasteiger charge is -2.19. The second-order valence-corrected chi connectivity index (χ2v) is 8.68. The topological polar surface area (TPSA) is 76.1 Å². The average molecular weight is 488 g/mol. The minimum Gasteiger partial charge on any atom is -0.497 e. The summed E-state index contributed by atoms with van der Waals surface area (Å²) in [5.74, 6) is 0.388. The normalized spacial score (nSPS) is 11.2. The Balaban J connectivity index is 1.85. The fourth-order valence-electron chi connectivity index (χ4n) is 3.76. The zero-order valence-electron chi connectivity index (χ0n) is 21.3. The summed E-state index contributed by atoms with van der Waals surface area (Å²) >= 11 is 0. The van der Waals surface area contributed by atoms with Crippen LogP contribution in [-0.2, 0) is 11.3 Å². The quantitative estimate of drug-likeness (QED) is 0.254. The van der Waals surface area contributed by atoms with Gasteiger partial charge in [-0.15, -0.1) is 0 Å². The molecular formula is C30H33NO5. The van der Waals surface area contributed by atoms with E-state index in [1.54, 1.807) is 56.3 Å². The Kier molecular flexibility index (Phi) is 9.28. The molecule has 36 heavy (non-hydrogen) atoms. The Hall–Kier alpha value is -4.06. The molecule has 1 amide bonds. The van der Waals surface area contributed by atoms with E-state index < -0.39 is 5.97 Å². The molecule has 0 atom stereocenters. The Morgan fingerprint density at radius 2 is 1.78 bits per heavy atom. The van der Waals surface area contributed by atoms with Crippen LogP contribution in [0.1, 0.15) is 48.2 Å². The summed E-state index contributed by atoms with van der Waals surface area (Å²) in [5.41, 5.74) is 4.50. The van der Waals surface area contributed by atoms with E-state index in [0.29, 0.717) is 30.2 Å². The molecule has 0 fully saturated rings. The van der Waals surface area contributed by atoms with Crippen LogP contribution in [0.2, 0.25) is 0 Å². The Morgan fingerprint density at radius 3 is 2.44 bits per heavy atom. The van der Waals surface area contributed by atoms with Gasteiger partial charge in [0.2, 0.25) is 0 Å². The first kappa shape index (κ1) is 26.5. The molecule has 6 heteroatoms. The number of carbonyl (C=O) groups is 2. The van der Waals surface area contributed by atoms with Crippen LogP contribution in [0.25, 0.3) is 17.2 Å². The van der Waals surface area contributed by atoms with Gasteiger partial charge >= 0.3 is 5.97 Å². The van der Waals surface area contributed by atoms with Crippen molar-refractivity contribution in [2.45, 2.75) is 33.2 Å². The number of methoxy groups -OCH3 is 1. The summed E-state index contributed by atoms with van der Waals surface area (Å²) in [6.45, 7) is 4.70. The molecule has 3 rings (SSSR count). The number of carboxylic acids is 1. The van der Waals surface area contributed by atoms with E-state index in [0.717, 1.165) is 35.1 Å². The number of carboxylic acid groups (broad SMARTS) is 1. The average Bonchev–Trinajstić information content (AvgIpc) is 2.88. The second kappa shape index (κ2) is 12.6. The van der Waals surface area contributed by atoms with Crippen molar-refractivity contribution in [3.05, 3.63) is 89.0 Å². The van der Waals surface area contributed by atoms with Crippen LogP contribution in [0, 0.1) is 0 Å². The van der Waals surface area contributed by atoms with Gasteiger partial charge in [0.05, 0.1) is 13.7 Å². The van der Waals surface area contributed by atoms with Crippen LogP contribution in [0.5, 0.6) is 11.5 Å². The molecule has 0 aromatic heterocycles. The molecule has 0 spiro atoms. The maximum absolute atomic E-state index is 12.9. The van der Waals surface area contributed by atoms with Gasteiger partial charge in [-0.3, -0.25) is 4.79 Å². The molecule has 0 saturated heterocycles. The highest BCUT2D eigenvalue weighted by Crippen LogP contribution is 2.33. The van der Waals surface area contributed by atoms with Crippen molar-refractivity contribution in [1.29, 1.82) is 0 Å². The van der Waals surface area contributed by atoms with Gasteiger partial charge in [0.25, 0.3) is 5.91 Å². The lowest BCUT2D eigenvalue weighted by Crippen LogP contribution is -2.26. The standard InChI is InChI=1S/C30H33NO5/c1-5-6-16-36-28-19-22(17-21(2)30(33)34)10-15-27(28)25-9-7-8-23(18-25)20-31(3)29(32)24-11-13-26(35-4)14-12-24/h7-15,17-19H,5-6,16,20H2,1-4H3,(H,33,34). The number of nitrogens with zero attached hydrogens (tertiary/aromatic N) is 1. The van der Waals surface area contributed by atoms with Gasteiger partial charge in [0.15, 0.2) is 0 Å². The van der Waals surface area contributed by atoms with Crippen LogP contribution in [-0.4, -0.2) is 42.6 Å². The molecule has 0 saturated carbocycles. The summed E-state index contributed by atoms with van der Waals surface area (Å²) in [5, 5.41) is 9.22. The van der Waals surface area contributed by atoms with Gasteiger partial charge in [-0.1, -0.05) is 43.7 Å². The fourth-order valence-corrected chi connectivity index (χ4v) is 3.76. The van der Waals surface area contributed by atoms with E-state index >= 15 is 0 Å². The second-order valence-electron chi connectivity index (χ2n) is 8.68. The number of unbranched alkanes of at least 4 members (excludes halogenated alkanes) is 1. The largest absolute Gasteiger partial charge is 0.497 e. The lowest BCUT2D eigenvalue weighted by molar-refractivity contribution is -0.132. The summed E-state index contributed by atoms with van der Waals surface area (Å²) in [7, 11) is 3.38. The Morgan fingerprint density at radius 1 is 1.03 bits per heavy atom. The third-order valence-electron chi connectivity index (χ3n) is 5.82. The lowest BCUT2D eigenvalue weighted by atomic mass is 9.99. The number of hydrogen-bond donors (Lipinski definition) is 1. The highest BCUT2D eigenvalue weighted by molar-refractivity contribution is 5.94. The molecule has 0 radical (unpaired) electrons. The predicted molar refractivity (Wildman–Crippen MR) is 142 cm³/mol. The minimum atomic E-state index is -0.950. The van der Waals surface area contributed by atoms with Crippen molar-refractivity contribution >= 4 is 18.0 Å². The van der Waals surface area contributed by atoms with E-state index in [1.807, 2.05) is 36.4 Å². The monoisotopic (exact) mass is 487 g/mol. The first-order valence-corrected chi connectivity index (χ1v) is 12.0. The first-order chi connectivity index (χ1) is 17.3. The SMILES string of the molecule is CCCCOc1cc(C=C(C)C(=O)O)ccc1-c1cccc(CN(C)C(=O)c2ccc(OC)cc2)c1. The van der Waals surface area contributed by atoms with Crippen molar-refractivity contribution in [1.82, 2.24) is 4.90 Å². The molecule has 6 nitrogen and oxygen atoms in total. The zero-order valence-corrected chi connectivity index (χ0v) is 21.3. The van der Waals surface area contributed by atoms with Gasteiger partial charge in [0.1, 0.15) is 11.5 Å². The minimum absolute atomic E-state index is 0.0726. The van der Waals surface area contributed by atoms with Crippen molar-refractivity contribution in [2.24, 2.45) is 0 Å². The third kappa shape index (κ3) is 6.98. The van der Waals surface area contributed by atoms with E-state index in [-0.39, 0.29) is 11.5 Å². The van der Waals surface area contributed by atoms with Crippen LogP contribution >= 0.6 is 0 Å². The zero-order chi connectivity index (χ0) is 26.1. The third-order valence-corrected chi connectivity index (χ3v) is 5.82. The smallest absolute Gasteiger partial charge is 0.331 e. The molecule has 1 N–H and O–H groups in total. The summed E-state index contributed by atoms with van der Waals surface area (Å²) in [6, 6.07) is 20.8. The number of hydrogen-bond acceptors (Lipinski definition) is 4. The number of benzene rings is 3. The maximum Gasteiger partial charge on any atom is 0.331 e. The van der Waals surface area contributed by atoms with Gasteiger partial charge in [-0.25, -0.2) is 4.79 Å². The molecule has 0 aliphatic heterocycles. The predicted octanol–water partition coefficient (Wildman–Crippen LogP) is 6.30.